The van der Waals surface area contributed by atoms with Crippen molar-refractivity contribution in [2.45, 2.75) is 11.1 Å². The SMILES string of the molecule is Cl.O=C(c1ccc2cccnc2c1)N1CCN(S(=O)(=O)c2ccc(C(F)(F)F)cc2)CC1. The number of sulfonamides is 1. The fraction of sp³-hybridized carbons (Fsp3) is 0.238. The number of carbonyl (C=O) groups is 1. The topological polar surface area (TPSA) is 70.6 Å². The van der Waals surface area contributed by atoms with Gasteiger partial charge >= 0.3 is 6.18 Å². The second-order valence-corrected chi connectivity index (χ2v) is 9.07. The lowest BCUT2D eigenvalue weighted by Crippen LogP contribution is -2.50. The smallest absolute Gasteiger partial charge is 0.336 e. The van der Waals surface area contributed by atoms with E-state index in [2.05, 4.69) is 4.98 Å². The Hall–Kier alpha value is -2.69. The van der Waals surface area contributed by atoms with Crippen molar-refractivity contribution in [2.75, 3.05) is 26.2 Å². The van der Waals surface area contributed by atoms with E-state index >= 15 is 0 Å². The molecule has 1 fully saturated rings. The van der Waals surface area contributed by atoms with Gasteiger partial charge in [-0.2, -0.15) is 17.5 Å². The Morgan fingerprint density at radius 3 is 2.22 bits per heavy atom. The van der Waals surface area contributed by atoms with Crippen LogP contribution < -0.4 is 0 Å². The first-order valence-corrected chi connectivity index (χ1v) is 10.9. The van der Waals surface area contributed by atoms with Crippen LogP contribution in [0.2, 0.25) is 0 Å². The third kappa shape index (κ3) is 4.72. The zero-order chi connectivity index (χ0) is 22.2. The van der Waals surface area contributed by atoms with Gasteiger partial charge in [0.15, 0.2) is 0 Å². The van der Waals surface area contributed by atoms with Gasteiger partial charge in [-0.05, 0) is 42.5 Å². The van der Waals surface area contributed by atoms with Gasteiger partial charge in [-0.25, -0.2) is 8.42 Å². The van der Waals surface area contributed by atoms with Crippen LogP contribution in [0.25, 0.3) is 10.9 Å². The molecule has 0 atom stereocenters. The number of hydrogen-bond acceptors (Lipinski definition) is 4. The van der Waals surface area contributed by atoms with Crippen LogP contribution in [-0.4, -0.2) is 54.7 Å². The normalized spacial score (nSPS) is 15.4. The minimum Gasteiger partial charge on any atom is -0.336 e. The number of hydrogen-bond donors (Lipinski definition) is 0. The summed E-state index contributed by atoms with van der Waals surface area (Å²) in [4.78, 5) is 18.4. The molecule has 2 heterocycles. The highest BCUT2D eigenvalue weighted by Crippen LogP contribution is 2.30. The number of nitrogens with zero attached hydrogens (tertiary/aromatic N) is 3. The van der Waals surface area contributed by atoms with E-state index in [1.165, 1.54) is 4.31 Å². The molecule has 11 heteroatoms. The van der Waals surface area contributed by atoms with Gasteiger partial charge in [-0.1, -0.05) is 12.1 Å². The van der Waals surface area contributed by atoms with E-state index in [-0.39, 0.29) is 49.4 Å². The van der Waals surface area contributed by atoms with Crippen LogP contribution in [-0.2, 0) is 16.2 Å². The van der Waals surface area contributed by atoms with Gasteiger partial charge < -0.3 is 4.90 Å². The first-order valence-electron chi connectivity index (χ1n) is 9.48. The number of piperazine rings is 1. The zero-order valence-corrected chi connectivity index (χ0v) is 18.3. The summed E-state index contributed by atoms with van der Waals surface area (Å²) >= 11 is 0. The Morgan fingerprint density at radius 1 is 0.938 bits per heavy atom. The molecule has 3 aromatic rings. The van der Waals surface area contributed by atoms with E-state index in [9.17, 15) is 26.4 Å². The Balaban J connectivity index is 0.00000289. The van der Waals surface area contributed by atoms with E-state index in [0.717, 1.165) is 29.7 Å². The molecular weight excluding hydrogens is 467 g/mol. The average molecular weight is 486 g/mol. The van der Waals surface area contributed by atoms with Crippen molar-refractivity contribution in [1.29, 1.82) is 0 Å². The number of carbonyl (C=O) groups excluding carboxylic acids is 1. The van der Waals surface area contributed by atoms with Crippen LogP contribution >= 0.6 is 12.4 Å². The second kappa shape index (κ2) is 9.05. The molecule has 0 spiro atoms. The Bertz CT molecular complexity index is 1230. The first kappa shape index (κ1) is 24.0. The van der Waals surface area contributed by atoms with E-state index < -0.39 is 21.8 Å². The predicted molar refractivity (Wildman–Crippen MR) is 115 cm³/mol. The summed E-state index contributed by atoms with van der Waals surface area (Å²) in [5.74, 6) is -0.223. The highest BCUT2D eigenvalue weighted by molar-refractivity contribution is 7.89. The lowest BCUT2D eigenvalue weighted by molar-refractivity contribution is -0.137. The van der Waals surface area contributed by atoms with Gasteiger partial charge in [0.05, 0.1) is 16.0 Å². The van der Waals surface area contributed by atoms with Crippen molar-refractivity contribution in [3.63, 3.8) is 0 Å². The van der Waals surface area contributed by atoms with Crippen LogP contribution in [0.1, 0.15) is 15.9 Å². The third-order valence-corrected chi connectivity index (χ3v) is 7.11. The van der Waals surface area contributed by atoms with Crippen LogP contribution in [0.5, 0.6) is 0 Å². The molecule has 6 nitrogen and oxygen atoms in total. The summed E-state index contributed by atoms with van der Waals surface area (Å²) in [7, 11) is -3.95. The van der Waals surface area contributed by atoms with Gasteiger partial charge in [-0.3, -0.25) is 9.78 Å². The lowest BCUT2D eigenvalue weighted by atomic mass is 10.1. The Kier molecular flexibility index (Phi) is 6.77. The van der Waals surface area contributed by atoms with Crippen LogP contribution in [0.15, 0.2) is 65.7 Å². The molecule has 0 aliphatic carbocycles. The van der Waals surface area contributed by atoms with Crippen molar-refractivity contribution in [3.05, 3.63) is 71.9 Å². The number of rotatable bonds is 3. The second-order valence-electron chi connectivity index (χ2n) is 7.13. The Labute approximate surface area is 189 Å². The summed E-state index contributed by atoms with van der Waals surface area (Å²) in [6, 6.07) is 12.3. The number of halogens is 4. The number of amides is 1. The van der Waals surface area contributed by atoms with Gasteiger partial charge in [-0.15, -0.1) is 12.4 Å². The molecule has 1 saturated heterocycles. The number of fused-ring (bicyclic) bond motifs is 1. The summed E-state index contributed by atoms with van der Waals surface area (Å²) in [6.07, 6.45) is -2.89. The van der Waals surface area contributed by atoms with E-state index in [4.69, 9.17) is 0 Å². The molecule has 0 N–H and O–H groups in total. The van der Waals surface area contributed by atoms with Gasteiger partial charge in [0, 0.05) is 43.3 Å². The summed E-state index contributed by atoms with van der Waals surface area (Å²) in [5, 5.41) is 0.909. The quantitative estimate of drug-likeness (QED) is 0.565. The highest BCUT2D eigenvalue weighted by Gasteiger charge is 2.33. The van der Waals surface area contributed by atoms with Crippen LogP contribution in [0.3, 0.4) is 0 Å². The van der Waals surface area contributed by atoms with Gasteiger partial charge in [0.2, 0.25) is 10.0 Å². The van der Waals surface area contributed by atoms with Crippen molar-refractivity contribution in [1.82, 2.24) is 14.2 Å². The fourth-order valence-corrected chi connectivity index (χ4v) is 4.90. The maximum absolute atomic E-state index is 12.8. The minimum atomic E-state index is -4.54. The molecule has 4 rings (SSSR count). The fourth-order valence-electron chi connectivity index (χ4n) is 3.48. The molecule has 0 radical (unpaired) electrons. The standard InChI is InChI=1S/C21H18F3N3O3S.ClH/c22-21(23,24)17-5-7-18(8-6-17)31(29,30)27-12-10-26(11-13-27)20(28)16-4-3-15-2-1-9-25-19(15)14-16;/h1-9,14H,10-13H2;1H. The van der Waals surface area contributed by atoms with Gasteiger partial charge in [0.25, 0.3) is 5.91 Å². The van der Waals surface area contributed by atoms with Crippen LogP contribution in [0, 0.1) is 0 Å². The third-order valence-electron chi connectivity index (χ3n) is 5.20. The molecular formula is C21H19ClF3N3O3S. The summed E-state index contributed by atoms with van der Waals surface area (Å²) in [5.41, 5.74) is 0.244. The van der Waals surface area contributed by atoms with E-state index in [0.29, 0.717) is 11.1 Å². The van der Waals surface area contributed by atoms with Crippen molar-refractivity contribution in [3.8, 4) is 0 Å². The molecule has 1 aliphatic heterocycles. The van der Waals surface area contributed by atoms with E-state index in [1.54, 1.807) is 35.4 Å². The zero-order valence-electron chi connectivity index (χ0n) is 16.6. The number of alkyl halides is 3. The minimum absolute atomic E-state index is 0. The molecule has 1 aromatic heterocycles. The largest absolute Gasteiger partial charge is 0.416 e. The predicted octanol–water partition coefficient (Wildman–Crippen LogP) is 3.82. The molecule has 0 unspecified atom stereocenters. The van der Waals surface area contributed by atoms with Crippen molar-refractivity contribution in [2.24, 2.45) is 0 Å². The number of benzene rings is 2. The molecule has 170 valence electrons. The summed E-state index contributed by atoms with van der Waals surface area (Å²) in [6.45, 7) is 0.472. The molecule has 0 bridgehead atoms. The molecule has 32 heavy (non-hydrogen) atoms. The number of aromatic nitrogens is 1. The molecule has 0 saturated carbocycles. The van der Waals surface area contributed by atoms with Crippen molar-refractivity contribution < 1.29 is 26.4 Å². The van der Waals surface area contributed by atoms with Gasteiger partial charge in [0.1, 0.15) is 0 Å². The number of pyridine rings is 1. The average Bonchev–Trinajstić information content (AvgIpc) is 2.78. The maximum Gasteiger partial charge on any atom is 0.416 e. The molecule has 2 aromatic carbocycles. The summed E-state index contributed by atoms with van der Waals surface area (Å²) < 4.78 is 64.9. The Morgan fingerprint density at radius 2 is 1.59 bits per heavy atom. The monoisotopic (exact) mass is 485 g/mol. The first-order chi connectivity index (χ1) is 14.7. The lowest BCUT2D eigenvalue weighted by Gasteiger charge is -2.34. The van der Waals surface area contributed by atoms with E-state index in [1.807, 2.05) is 6.07 Å². The van der Waals surface area contributed by atoms with Crippen LogP contribution in [0.4, 0.5) is 13.2 Å². The maximum atomic E-state index is 12.8. The molecule has 1 amide bonds. The molecule has 1 aliphatic rings. The van der Waals surface area contributed by atoms with Crippen molar-refractivity contribution >= 4 is 39.2 Å². The highest BCUT2D eigenvalue weighted by atomic mass is 35.5.